The molecule has 5 atom stereocenters. The molecule has 0 bridgehead atoms. The van der Waals surface area contributed by atoms with Crippen LogP contribution in [0.3, 0.4) is 0 Å². The Hall–Kier alpha value is -7.92. The number of rotatable bonds is 30. The molecule has 0 spiro atoms. The molecule has 19 nitrogen and oxygen atoms in total. The maximum atomic E-state index is 15.9. The van der Waals surface area contributed by atoms with Crippen molar-refractivity contribution in [3.8, 4) is 5.75 Å². The number of ether oxygens (including phenoxy) is 3. The van der Waals surface area contributed by atoms with Crippen molar-refractivity contribution in [3.63, 3.8) is 0 Å². The second-order valence-electron chi connectivity index (χ2n) is 19.8. The number of halogens is 2. The zero-order chi connectivity index (χ0) is 61.3. The Morgan fingerprint density at radius 2 is 1.20 bits per heavy atom. The first kappa shape index (κ1) is 66.2. The second kappa shape index (κ2) is 33.5. The van der Waals surface area contributed by atoms with Gasteiger partial charge in [0, 0.05) is 27.0 Å². The topological polar surface area (TPSA) is 294 Å². The summed E-state index contributed by atoms with van der Waals surface area (Å²) in [4.78, 5) is 115. The SMILES string of the molecule is CSCC[C@H](NC(=O)[C@H](Cc1ccccc1)NC(=O)CNC(=O)[C@@H](C)NC(=O)[C@@H](N)Cc1ccc(OC(=O)OCc2ccccc2Br)cc1)C(=O)N(C(=O)OCc1ccccc1Cl)C(C(=O)[C@@H](N)CCCCN)(c1ccccc1)c1ccccc1. The summed E-state index contributed by atoms with van der Waals surface area (Å²) in [5.74, 6) is -4.31. The molecule has 0 aliphatic rings. The first-order valence-electron chi connectivity index (χ1n) is 27.4. The highest BCUT2D eigenvalue weighted by atomic mass is 79.9. The Balaban J connectivity index is 1.20. The zero-order valence-corrected chi connectivity index (χ0v) is 50.2. The van der Waals surface area contributed by atoms with E-state index in [1.165, 1.54) is 30.8 Å². The van der Waals surface area contributed by atoms with Crippen molar-refractivity contribution in [1.82, 2.24) is 26.2 Å². The highest BCUT2D eigenvalue weighted by Gasteiger charge is 2.55. The average molecular weight is 1260 g/mol. The molecule has 0 radical (unpaired) electrons. The number of hydrogen-bond donors (Lipinski definition) is 7. The van der Waals surface area contributed by atoms with Gasteiger partial charge in [0.15, 0.2) is 11.3 Å². The van der Waals surface area contributed by atoms with Crippen LogP contribution in [0.5, 0.6) is 5.75 Å². The first-order chi connectivity index (χ1) is 41.0. The number of hydrogen-bond acceptors (Lipinski definition) is 15. The number of benzene rings is 6. The van der Waals surface area contributed by atoms with Gasteiger partial charge in [0.05, 0.1) is 18.6 Å². The van der Waals surface area contributed by atoms with Crippen molar-refractivity contribution in [3.05, 3.63) is 207 Å². The standard InChI is InChI=1S/C63H70BrClN8O11S/c1-41(70-58(77)52(68)36-43-29-31-48(32-30-43)84-62(81)83-39-44-20-12-14-26-49(44)64)57(76)69-38-55(74)71-54(37-42-18-6-3-7-19-42)59(78)72-53(33-35-85-2)60(79)73(61(80)82-40-45-21-13-15-27-50(45)65)63(46-22-8-4-9-23-46,47-24-10-5-11-25-47)56(75)51(67)28-16-17-34-66/h3-15,18-27,29-32,41,51-54H,16-17,28,33-40,66-68H2,1-2H3,(H,69,76)(H,70,77)(H,71,74)(H,72,78)/t41-,51+,52+,53+,54+/m1/s1. The monoisotopic (exact) mass is 1260 g/mol. The summed E-state index contributed by atoms with van der Waals surface area (Å²) in [7, 11) is 0. The van der Waals surface area contributed by atoms with Crippen LogP contribution in [-0.4, -0.2) is 108 Å². The molecule has 6 aromatic carbocycles. The lowest BCUT2D eigenvalue weighted by Crippen LogP contribution is -2.65. The van der Waals surface area contributed by atoms with E-state index in [4.69, 9.17) is 43.0 Å². The van der Waals surface area contributed by atoms with Crippen LogP contribution in [0.1, 0.15) is 66.0 Å². The number of thioether (sulfide) groups is 1. The molecule has 0 aliphatic heterocycles. The quantitative estimate of drug-likeness (QED) is 0.0131. The summed E-state index contributed by atoms with van der Waals surface area (Å²) >= 11 is 11.3. The fraction of sp³-hybridized carbons (Fsp3) is 0.302. The molecule has 448 valence electrons. The summed E-state index contributed by atoms with van der Waals surface area (Å²) in [6, 6.07) is 39.0. The van der Waals surface area contributed by atoms with Gasteiger partial charge in [-0.2, -0.15) is 11.8 Å². The molecule has 6 aromatic rings. The number of amides is 6. The van der Waals surface area contributed by atoms with E-state index >= 15 is 14.4 Å². The number of nitrogens with zero attached hydrogens (tertiary/aromatic N) is 1. The summed E-state index contributed by atoms with van der Waals surface area (Å²) in [6.07, 6.45) is 0.685. The molecular weight excluding hydrogens is 1190 g/mol. The minimum Gasteiger partial charge on any atom is -0.444 e. The fourth-order valence-corrected chi connectivity index (χ4v) is 10.2. The minimum atomic E-state index is -2.29. The smallest absolute Gasteiger partial charge is 0.444 e. The van der Waals surface area contributed by atoms with Crippen LogP contribution >= 0.6 is 39.3 Å². The number of carbonyl (C=O) groups excluding carboxylic acids is 8. The normalized spacial score (nSPS) is 12.9. The van der Waals surface area contributed by atoms with Gasteiger partial charge in [-0.05, 0) is 97.7 Å². The lowest BCUT2D eigenvalue weighted by Gasteiger charge is -2.44. The third-order valence-electron chi connectivity index (χ3n) is 13.6. The number of nitrogens with two attached hydrogens (primary N) is 3. The number of nitrogens with one attached hydrogen (secondary N) is 4. The molecular formula is C63H70BrClN8O11S. The van der Waals surface area contributed by atoms with Gasteiger partial charge in [0.2, 0.25) is 23.6 Å². The number of imide groups is 1. The summed E-state index contributed by atoms with van der Waals surface area (Å²) in [5.41, 5.74) is 19.4. The predicted molar refractivity (Wildman–Crippen MR) is 329 cm³/mol. The molecule has 0 saturated carbocycles. The summed E-state index contributed by atoms with van der Waals surface area (Å²) < 4.78 is 17.2. The van der Waals surface area contributed by atoms with Gasteiger partial charge < -0.3 is 52.7 Å². The molecule has 0 aromatic heterocycles. The van der Waals surface area contributed by atoms with Crippen molar-refractivity contribution in [2.24, 2.45) is 17.2 Å². The van der Waals surface area contributed by atoms with Gasteiger partial charge in [0.25, 0.3) is 5.91 Å². The van der Waals surface area contributed by atoms with Crippen LogP contribution in [0.2, 0.25) is 5.02 Å². The maximum Gasteiger partial charge on any atom is 0.514 e. The molecule has 0 fully saturated rings. The van der Waals surface area contributed by atoms with E-state index in [1.54, 1.807) is 140 Å². The van der Waals surface area contributed by atoms with E-state index in [9.17, 15) is 24.0 Å². The number of Topliss-reactive ketones (excluding diaryl/α,β-unsaturated/α-hetero) is 1. The van der Waals surface area contributed by atoms with E-state index in [2.05, 4.69) is 37.2 Å². The second-order valence-corrected chi connectivity index (χ2v) is 22.1. The number of unbranched alkanes of at least 4 members (excludes halogenated alkanes) is 1. The van der Waals surface area contributed by atoms with E-state index in [0.717, 1.165) is 14.9 Å². The first-order valence-corrected chi connectivity index (χ1v) is 30.0. The van der Waals surface area contributed by atoms with Gasteiger partial charge in [-0.25, -0.2) is 14.5 Å². The van der Waals surface area contributed by atoms with E-state index in [1.807, 2.05) is 18.2 Å². The molecule has 22 heteroatoms. The molecule has 6 rings (SSSR count). The van der Waals surface area contributed by atoms with Crippen LogP contribution in [0, 0.1) is 0 Å². The van der Waals surface area contributed by atoms with Gasteiger partial charge in [-0.1, -0.05) is 173 Å². The number of ketones is 1. The van der Waals surface area contributed by atoms with Crippen molar-refractivity contribution in [2.45, 2.75) is 94.4 Å². The minimum absolute atomic E-state index is 0.00677. The lowest BCUT2D eigenvalue weighted by atomic mass is 9.74. The highest BCUT2D eigenvalue weighted by Crippen LogP contribution is 2.40. The van der Waals surface area contributed by atoms with Gasteiger partial charge in [-0.15, -0.1) is 0 Å². The molecule has 0 aliphatic carbocycles. The third kappa shape index (κ3) is 19.0. The molecule has 85 heavy (non-hydrogen) atoms. The van der Waals surface area contributed by atoms with Crippen molar-refractivity contribution < 1.29 is 52.6 Å². The van der Waals surface area contributed by atoms with Gasteiger partial charge >= 0.3 is 12.2 Å². The fourth-order valence-electron chi connectivity index (χ4n) is 9.15. The third-order valence-corrected chi connectivity index (χ3v) is 15.4. The Bertz CT molecular complexity index is 3170. The van der Waals surface area contributed by atoms with Crippen molar-refractivity contribution in [1.29, 1.82) is 0 Å². The maximum absolute atomic E-state index is 15.9. The molecule has 6 amide bonds. The lowest BCUT2D eigenvalue weighted by molar-refractivity contribution is -0.146. The summed E-state index contributed by atoms with van der Waals surface area (Å²) in [6.45, 7) is 0.682. The summed E-state index contributed by atoms with van der Waals surface area (Å²) in [5, 5.41) is 10.8. The molecule has 10 N–H and O–H groups in total. The van der Waals surface area contributed by atoms with Gasteiger partial charge in [-0.3, -0.25) is 28.8 Å². The van der Waals surface area contributed by atoms with Crippen LogP contribution in [0.15, 0.2) is 168 Å². The molecule has 0 unspecified atom stereocenters. The Kier molecular flexibility index (Phi) is 26.1. The molecule has 0 saturated heterocycles. The predicted octanol–water partition coefficient (Wildman–Crippen LogP) is 7.41. The Labute approximate surface area is 511 Å². The van der Waals surface area contributed by atoms with Crippen LogP contribution in [0.25, 0.3) is 0 Å². The van der Waals surface area contributed by atoms with E-state index < -0.39 is 96.5 Å². The van der Waals surface area contributed by atoms with Crippen LogP contribution in [-0.2, 0) is 69.8 Å². The number of carbonyl (C=O) groups is 8. The van der Waals surface area contributed by atoms with Crippen LogP contribution < -0.4 is 43.2 Å². The zero-order valence-electron chi connectivity index (χ0n) is 47.1. The highest BCUT2D eigenvalue weighted by molar-refractivity contribution is 9.10. The average Bonchev–Trinajstić information content (AvgIpc) is 0.941. The Morgan fingerprint density at radius 1 is 0.624 bits per heavy atom. The van der Waals surface area contributed by atoms with Crippen LogP contribution in [0.4, 0.5) is 9.59 Å². The molecule has 0 heterocycles. The van der Waals surface area contributed by atoms with E-state index in [0.29, 0.717) is 36.1 Å². The van der Waals surface area contributed by atoms with Crippen molar-refractivity contribution in [2.75, 3.05) is 25.1 Å². The Morgan fingerprint density at radius 3 is 1.81 bits per heavy atom. The van der Waals surface area contributed by atoms with E-state index in [-0.39, 0.29) is 59.9 Å². The van der Waals surface area contributed by atoms with Gasteiger partial charge in [0.1, 0.15) is 37.1 Å². The largest absolute Gasteiger partial charge is 0.514 e. The van der Waals surface area contributed by atoms with Crippen molar-refractivity contribution >= 4 is 86.9 Å².